The highest BCUT2D eigenvalue weighted by molar-refractivity contribution is 5.93. The van der Waals surface area contributed by atoms with Gasteiger partial charge in [-0.2, -0.15) is 0 Å². The van der Waals surface area contributed by atoms with E-state index < -0.39 is 0 Å². The molecule has 0 bridgehead atoms. The molecular formula is C24H38N4O. The van der Waals surface area contributed by atoms with Crippen LogP contribution in [0.3, 0.4) is 0 Å². The number of pyridine rings is 1. The molecule has 160 valence electrons. The maximum Gasteiger partial charge on any atom is 0.126 e. The fourth-order valence-electron chi connectivity index (χ4n) is 4.29. The van der Waals surface area contributed by atoms with Crippen molar-refractivity contribution >= 4 is 22.4 Å². The predicted octanol–water partition coefficient (Wildman–Crippen LogP) is 5.61. The van der Waals surface area contributed by atoms with Gasteiger partial charge in [-0.15, -0.1) is 0 Å². The van der Waals surface area contributed by atoms with E-state index in [1.807, 2.05) is 6.07 Å². The van der Waals surface area contributed by atoms with Gasteiger partial charge in [-0.3, -0.25) is 0 Å². The number of anilines is 2. The molecule has 1 aliphatic rings. The zero-order valence-electron chi connectivity index (χ0n) is 18.2. The van der Waals surface area contributed by atoms with Gasteiger partial charge in [0.15, 0.2) is 0 Å². The Labute approximate surface area is 175 Å². The van der Waals surface area contributed by atoms with Crippen LogP contribution < -0.4 is 10.6 Å². The molecule has 3 rings (SSSR count). The van der Waals surface area contributed by atoms with Gasteiger partial charge in [-0.05, 0) is 63.5 Å². The molecule has 0 spiro atoms. The normalized spacial score (nSPS) is 15.1. The van der Waals surface area contributed by atoms with Gasteiger partial charge in [0, 0.05) is 24.0 Å². The lowest BCUT2D eigenvalue weighted by atomic mass is 9.95. The SMILES string of the molecule is CCN(CC)CCCCCNc1cc(O)cc2ccc(NC3CCCCC3)nc12. The van der Waals surface area contributed by atoms with Gasteiger partial charge in [0.2, 0.25) is 0 Å². The van der Waals surface area contributed by atoms with Gasteiger partial charge in [0.25, 0.3) is 0 Å². The number of fused-ring (bicyclic) bond motifs is 1. The first-order valence-corrected chi connectivity index (χ1v) is 11.6. The third kappa shape index (κ3) is 6.49. The Morgan fingerprint density at radius 1 is 1.03 bits per heavy atom. The second kappa shape index (κ2) is 11.2. The molecule has 5 heteroatoms. The summed E-state index contributed by atoms with van der Waals surface area (Å²) < 4.78 is 0. The highest BCUT2D eigenvalue weighted by Crippen LogP contribution is 2.29. The maximum absolute atomic E-state index is 10.1. The van der Waals surface area contributed by atoms with Crippen LogP contribution in [0.4, 0.5) is 11.5 Å². The molecule has 1 aliphatic carbocycles. The topological polar surface area (TPSA) is 60.4 Å². The minimum atomic E-state index is 0.288. The monoisotopic (exact) mass is 398 g/mol. The van der Waals surface area contributed by atoms with E-state index in [1.54, 1.807) is 12.1 Å². The number of aromatic hydroxyl groups is 1. The van der Waals surface area contributed by atoms with Crippen LogP contribution in [0, 0.1) is 0 Å². The summed E-state index contributed by atoms with van der Waals surface area (Å²) in [6, 6.07) is 8.22. The largest absolute Gasteiger partial charge is 0.508 e. The summed E-state index contributed by atoms with van der Waals surface area (Å²) in [5.74, 6) is 1.23. The van der Waals surface area contributed by atoms with E-state index >= 15 is 0 Å². The number of unbranched alkanes of at least 4 members (excludes halogenated alkanes) is 2. The zero-order chi connectivity index (χ0) is 20.5. The Morgan fingerprint density at radius 3 is 2.59 bits per heavy atom. The number of benzene rings is 1. The molecule has 0 amide bonds. The minimum Gasteiger partial charge on any atom is -0.508 e. The van der Waals surface area contributed by atoms with Crippen LogP contribution in [-0.4, -0.2) is 47.2 Å². The first-order chi connectivity index (χ1) is 14.2. The second-order valence-electron chi connectivity index (χ2n) is 8.26. The highest BCUT2D eigenvalue weighted by Gasteiger charge is 2.14. The third-order valence-electron chi connectivity index (χ3n) is 6.10. The lowest BCUT2D eigenvalue weighted by Crippen LogP contribution is -2.23. The summed E-state index contributed by atoms with van der Waals surface area (Å²) in [6.07, 6.45) is 9.99. The van der Waals surface area contributed by atoms with Crippen molar-refractivity contribution < 1.29 is 5.11 Å². The molecule has 0 unspecified atom stereocenters. The van der Waals surface area contributed by atoms with Crippen molar-refractivity contribution in [3.8, 4) is 5.75 Å². The van der Waals surface area contributed by atoms with E-state index in [0.717, 1.165) is 48.5 Å². The van der Waals surface area contributed by atoms with Gasteiger partial charge in [-0.25, -0.2) is 4.98 Å². The van der Waals surface area contributed by atoms with Gasteiger partial charge >= 0.3 is 0 Å². The molecule has 3 N–H and O–H groups in total. The lowest BCUT2D eigenvalue weighted by Gasteiger charge is -2.23. The molecular weight excluding hydrogens is 360 g/mol. The molecule has 0 atom stereocenters. The average Bonchev–Trinajstić information content (AvgIpc) is 2.74. The second-order valence-corrected chi connectivity index (χ2v) is 8.26. The van der Waals surface area contributed by atoms with Crippen molar-refractivity contribution in [3.05, 3.63) is 24.3 Å². The Bertz CT molecular complexity index is 754. The van der Waals surface area contributed by atoms with Gasteiger partial charge < -0.3 is 20.6 Å². The Morgan fingerprint density at radius 2 is 1.83 bits per heavy atom. The van der Waals surface area contributed by atoms with E-state index in [1.165, 1.54) is 51.5 Å². The summed E-state index contributed by atoms with van der Waals surface area (Å²) >= 11 is 0. The van der Waals surface area contributed by atoms with Gasteiger partial charge in [0.05, 0.1) is 11.2 Å². The molecule has 0 radical (unpaired) electrons. The van der Waals surface area contributed by atoms with Crippen LogP contribution in [-0.2, 0) is 0 Å². The van der Waals surface area contributed by atoms with Crippen molar-refractivity contribution in [2.45, 2.75) is 71.3 Å². The van der Waals surface area contributed by atoms with E-state index in [-0.39, 0.29) is 5.75 Å². The average molecular weight is 399 g/mol. The molecule has 1 fully saturated rings. The summed E-state index contributed by atoms with van der Waals surface area (Å²) in [7, 11) is 0. The number of phenols is 1. The van der Waals surface area contributed by atoms with Crippen LogP contribution in [0.2, 0.25) is 0 Å². The third-order valence-corrected chi connectivity index (χ3v) is 6.10. The Balaban J connectivity index is 1.58. The lowest BCUT2D eigenvalue weighted by molar-refractivity contribution is 0.296. The Hall–Kier alpha value is -2.01. The molecule has 29 heavy (non-hydrogen) atoms. The molecule has 0 saturated heterocycles. The molecule has 1 aromatic heterocycles. The molecule has 1 heterocycles. The van der Waals surface area contributed by atoms with E-state index in [4.69, 9.17) is 4.98 Å². The molecule has 5 nitrogen and oxygen atoms in total. The van der Waals surface area contributed by atoms with Gasteiger partial charge in [-0.1, -0.05) is 39.5 Å². The van der Waals surface area contributed by atoms with Crippen molar-refractivity contribution in [2.24, 2.45) is 0 Å². The van der Waals surface area contributed by atoms with E-state index in [9.17, 15) is 5.11 Å². The fraction of sp³-hybridized carbons (Fsp3) is 0.625. The van der Waals surface area contributed by atoms with E-state index in [0.29, 0.717) is 6.04 Å². The summed E-state index contributed by atoms with van der Waals surface area (Å²) in [5, 5.41) is 18.2. The van der Waals surface area contributed by atoms with Crippen molar-refractivity contribution in [2.75, 3.05) is 36.8 Å². The van der Waals surface area contributed by atoms with Crippen LogP contribution in [0.15, 0.2) is 24.3 Å². The minimum absolute atomic E-state index is 0.288. The zero-order valence-corrected chi connectivity index (χ0v) is 18.2. The number of phenolic OH excluding ortho intramolecular Hbond substituents is 1. The Kier molecular flexibility index (Phi) is 8.41. The van der Waals surface area contributed by atoms with Crippen molar-refractivity contribution in [1.29, 1.82) is 0 Å². The van der Waals surface area contributed by atoms with Gasteiger partial charge in [0.1, 0.15) is 11.6 Å². The smallest absolute Gasteiger partial charge is 0.126 e. The van der Waals surface area contributed by atoms with Crippen LogP contribution >= 0.6 is 0 Å². The predicted molar refractivity (Wildman–Crippen MR) is 124 cm³/mol. The fourth-order valence-corrected chi connectivity index (χ4v) is 4.29. The standard InChI is InChI=1S/C24H38N4O/c1-3-28(4-2)16-10-6-9-15-25-22-18-21(29)17-19-13-14-23(27-24(19)22)26-20-11-7-5-8-12-20/h13-14,17-18,20,25,29H,3-12,15-16H2,1-2H3,(H,26,27). The van der Waals surface area contributed by atoms with Crippen molar-refractivity contribution in [1.82, 2.24) is 9.88 Å². The number of hydrogen-bond acceptors (Lipinski definition) is 5. The molecule has 0 aliphatic heterocycles. The number of rotatable bonds is 11. The first kappa shape index (κ1) is 21.7. The molecule has 1 saturated carbocycles. The van der Waals surface area contributed by atoms with Crippen LogP contribution in [0.25, 0.3) is 10.9 Å². The quantitative estimate of drug-likeness (QED) is 0.430. The molecule has 2 aromatic rings. The number of nitrogens with zero attached hydrogens (tertiary/aromatic N) is 2. The molecule has 1 aromatic carbocycles. The van der Waals surface area contributed by atoms with Crippen molar-refractivity contribution in [3.63, 3.8) is 0 Å². The summed E-state index contributed by atoms with van der Waals surface area (Å²) in [4.78, 5) is 7.35. The summed E-state index contributed by atoms with van der Waals surface area (Å²) in [6.45, 7) is 8.79. The summed E-state index contributed by atoms with van der Waals surface area (Å²) in [5.41, 5.74) is 1.86. The van der Waals surface area contributed by atoms with Crippen LogP contribution in [0.5, 0.6) is 5.75 Å². The first-order valence-electron chi connectivity index (χ1n) is 11.6. The number of aromatic nitrogens is 1. The maximum atomic E-state index is 10.1. The highest BCUT2D eigenvalue weighted by atomic mass is 16.3. The number of hydrogen-bond donors (Lipinski definition) is 3. The van der Waals surface area contributed by atoms with E-state index in [2.05, 4.69) is 35.4 Å². The van der Waals surface area contributed by atoms with Crippen LogP contribution in [0.1, 0.15) is 65.2 Å². The number of nitrogens with one attached hydrogen (secondary N) is 2.